The van der Waals surface area contributed by atoms with E-state index in [1.807, 2.05) is 13.0 Å². The van der Waals surface area contributed by atoms with Crippen LogP contribution in [0.15, 0.2) is 21.2 Å². The van der Waals surface area contributed by atoms with Crippen LogP contribution >= 0.6 is 43.5 Å². The van der Waals surface area contributed by atoms with E-state index >= 15 is 0 Å². The maximum atomic E-state index is 6.29. The molecule has 0 saturated heterocycles. The van der Waals surface area contributed by atoms with E-state index in [4.69, 9.17) is 16.3 Å². The van der Waals surface area contributed by atoms with Gasteiger partial charge in [0.2, 0.25) is 0 Å². The first-order valence-electron chi connectivity index (χ1n) is 4.53. The van der Waals surface area contributed by atoms with Crippen LogP contribution in [-0.2, 0) is 0 Å². The molecule has 0 saturated carbocycles. The van der Waals surface area contributed by atoms with Gasteiger partial charge in [-0.3, -0.25) is 4.98 Å². The molecule has 0 unspecified atom stereocenters. The highest BCUT2D eigenvalue weighted by Crippen LogP contribution is 2.41. The van der Waals surface area contributed by atoms with E-state index in [0.717, 1.165) is 25.4 Å². The number of methoxy groups -OCH3 is 1. The minimum atomic E-state index is 0.670. The Morgan fingerprint density at radius 3 is 2.62 bits per heavy atom. The number of fused-ring (bicyclic) bond motifs is 1. The van der Waals surface area contributed by atoms with E-state index in [1.54, 1.807) is 13.3 Å². The van der Waals surface area contributed by atoms with E-state index in [1.165, 1.54) is 0 Å². The Balaban J connectivity index is 3.01. The standard InChI is InChI=1S/C11H8Br2ClNO/c1-5-4-15-10-6(12)3-7(13)11(16-2)8(10)9(5)14/h3-4H,1-2H3. The highest BCUT2D eigenvalue weighted by molar-refractivity contribution is 9.11. The maximum Gasteiger partial charge on any atom is 0.144 e. The van der Waals surface area contributed by atoms with Crippen LogP contribution in [0, 0.1) is 6.92 Å². The van der Waals surface area contributed by atoms with Gasteiger partial charge < -0.3 is 4.74 Å². The van der Waals surface area contributed by atoms with Crippen LogP contribution in [0.5, 0.6) is 5.75 Å². The molecule has 0 bridgehead atoms. The number of aromatic nitrogens is 1. The lowest BCUT2D eigenvalue weighted by Crippen LogP contribution is -1.92. The van der Waals surface area contributed by atoms with Gasteiger partial charge in [-0.25, -0.2) is 0 Å². The number of rotatable bonds is 1. The molecule has 0 radical (unpaired) electrons. The minimum absolute atomic E-state index is 0.670. The lowest BCUT2D eigenvalue weighted by Gasteiger charge is -2.11. The topological polar surface area (TPSA) is 22.1 Å². The average Bonchev–Trinajstić information content (AvgIpc) is 2.24. The molecule has 2 nitrogen and oxygen atoms in total. The Morgan fingerprint density at radius 2 is 2.00 bits per heavy atom. The first-order valence-corrected chi connectivity index (χ1v) is 6.49. The predicted octanol–water partition coefficient (Wildman–Crippen LogP) is 4.73. The van der Waals surface area contributed by atoms with Gasteiger partial charge in [-0.15, -0.1) is 0 Å². The van der Waals surface area contributed by atoms with Crippen molar-refractivity contribution in [3.63, 3.8) is 0 Å². The third-order valence-electron chi connectivity index (χ3n) is 2.32. The van der Waals surface area contributed by atoms with Gasteiger partial charge >= 0.3 is 0 Å². The van der Waals surface area contributed by atoms with Crippen molar-refractivity contribution >= 4 is 54.4 Å². The van der Waals surface area contributed by atoms with Gasteiger partial charge in [0.1, 0.15) is 5.75 Å². The van der Waals surface area contributed by atoms with Crippen LogP contribution in [0.3, 0.4) is 0 Å². The second kappa shape index (κ2) is 4.51. The van der Waals surface area contributed by atoms with Crippen LogP contribution in [0.25, 0.3) is 10.9 Å². The summed E-state index contributed by atoms with van der Waals surface area (Å²) < 4.78 is 7.09. The molecule has 0 amide bonds. The summed E-state index contributed by atoms with van der Waals surface area (Å²) in [6, 6.07) is 1.90. The van der Waals surface area contributed by atoms with Crippen molar-refractivity contribution in [2.75, 3.05) is 7.11 Å². The molecule has 0 N–H and O–H groups in total. The fourth-order valence-electron chi connectivity index (χ4n) is 1.54. The summed E-state index contributed by atoms with van der Waals surface area (Å²) in [4.78, 5) is 4.36. The minimum Gasteiger partial charge on any atom is -0.495 e. The number of pyridine rings is 1. The molecule has 1 heterocycles. The zero-order valence-electron chi connectivity index (χ0n) is 8.64. The van der Waals surface area contributed by atoms with Crippen molar-refractivity contribution in [2.24, 2.45) is 0 Å². The van der Waals surface area contributed by atoms with Gasteiger partial charge in [0.15, 0.2) is 0 Å². The van der Waals surface area contributed by atoms with E-state index in [0.29, 0.717) is 10.8 Å². The van der Waals surface area contributed by atoms with E-state index in [-0.39, 0.29) is 0 Å². The van der Waals surface area contributed by atoms with Crippen molar-refractivity contribution in [1.82, 2.24) is 4.98 Å². The van der Waals surface area contributed by atoms with Crippen LogP contribution in [-0.4, -0.2) is 12.1 Å². The molecule has 2 rings (SSSR count). The van der Waals surface area contributed by atoms with Gasteiger partial charge in [0, 0.05) is 10.7 Å². The Kier molecular flexibility index (Phi) is 3.42. The molecular formula is C11H8Br2ClNO. The quantitative estimate of drug-likeness (QED) is 0.729. The number of nitrogens with zero attached hydrogens (tertiary/aromatic N) is 1. The fraction of sp³-hybridized carbons (Fsp3) is 0.182. The molecule has 5 heteroatoms. The highest BCUT2D eigenvalue weighted by atomic mass is 79.9. The molecule has 0 atom stereocenters. The monoisotopic (exact) mass is 363 g/mol. The van der Waals surface area contributed by atoms with Gasteiger partial charge in [-0.05, 0) is 50.4 Å². The summed E-state index contributed by atoms with van der Waals surface area (Å²) in [6.07, 6.45) is 1.75. The van der Waals surface area contributed by atoms with Crippen molar-refractivity contribution < 1.29 is 4.74 Å². The van der Waals surface area contributed by atoms with Crippen molar-refractivity contribution in [2.45, 2.75) is 6.92 Å². The maximum absolute atomic E-state index is 6.29. The van der Waals surface area contributed by atoms with Crippen LogP contribution in [0.2, 0.25) is 5.02 Å². The summed E-state index contributed by atoms with van der Waals surface area (Å²) >= 11 is 13.2. The first-order chi connectivity index (χ1) is 7.56. The van der Waals surface area contributed by atoms with Crippen LogP contribution < -0.4 is 4.74 Å². The van der Waals surface area contributed by atoms with Crippen molar-refractivity contribution in [3.8, 4) is 5.75 Å². The molecule has 0 aliphatic rings. The Hall–Kier alpha value is -0.320. The van der Waals surface area contributed by atoms with E-state index in [2.05, 4.69) is 36.8 Å². The third kappa shape index (κ3) is 1.83. The Bertz CT molecular complexity index is 572. The highest BCUT2D eigenvalue weighted by Gasteiger charge is 2.15. The molecular weight excluding hydrogens is 357 g/mol. The first kappa shape index (κ1) is 12.1. The smallest absolute Gasteiger partial charge is 0.144 e. The Labute approximate surface area is 115 Å². The third-order valence-corrected chi connectivity index (χ3v) is 4.00. The molecule has 2 aromatic rings. The number of hydrogen-bond donors (Lipinski definition) is 0. The van der Waals surface area contributed by atoms with Crippen molar-refractivity contribution in [1.29, 1.82) is 0 Å². The van der Waals surface area contributed by atoms with Crippen molar-refractivity contribution in [3.05, 3.63) is 31.8 Å². The summed E-state index contributed by atoms with van der Waals surface area (Å²) in [6.45, 7) is 1.92. The molecule has 0 spiro atoms. The normalized spacial score (nSPS) is 10.8. The van der Waals surface area contributed by atoms with Gasteiger partial charge in [0.05, 0.1) is 27.5 Å². The number of ether oxygens (including phenoxy) is 1. The number of halogens is 3. The fourth-order valence-corrected chi connectivity index (χ4v) is 3.19. The van der Waals surface area contributed by atoms with Gasteiger partial charge in [-0.2, -0.15) is 0 Å². The van der Waals surface area contributed by atoms with E-state index < -0.39 is 0 Å². The zero-order chi connectivity index (χ0) is 11.9. The molecule has 0 aliphatic heterocycles. The average molecular weight is 365 g/mol. The van der Waals surface area contributed by atoms with Crippen LogP contribution in [0.4, 0.5) is 0 Å². The summed E-state index contributed by atoms with van der Waals surface area (Å²) in [7, 11) is 1.62. The number of hydrogen-bond acceptors (Lipinski definition) is 2. The van der Waals surface area contributed by atoms with Gasteiger partial charge in [-0.1, -0.05) is 11.6 Å². The van der Waals surface area contributed by atoms with E-state index in [9.17, 15) is 0 Å². The predicted molar refractivity (Wildman–Crippen MR) is 73.4 cm³/mol. The van der Waals surface area contributed by atoms with Crippen LogP contribution in [0.1, 0.15) is 5.56 Å². The SMILES string of the molecule is COc1c(Br)cc(Br)c2ncc(C)c(Cl)c12. The molecule has 84 valence electrons. The lowest BCUT2D eigenvalue weighted by molar-refractivity contribution is 0.417. The molecule has 1 aromatic heterocycles. The second-order valence-corrected chi connectivity index (χ2v) is 5.44. The molecule has 16 heavy (non-hydrogen) atoms. The number of aryl methyl sites for hydroxylation is 1. The lowest BCUT2D eigenvalue weighted by atomic mass is 10.1. The molecule has 0 fully saturated rings. The second-order valence-electron chi connectivity index (χ2n) is 3.35. The summed E-state index contributed by atoms with van der Waals surface area (Å²) in [5, 5.41) is 1.49. The molecule has 1 aromatic carbocycles. The summed E-state index contributed by atoms with van der Waals surface area (Å²) in [5.41, 5.74) is 1.73. The molecule has 0 aliphatic carbocycles. The Morgan fingerprint density at radius 1 is 1.31 bits per heavy atom. The number of benzene rings is 1. The van der Waals surface area contributed by atoms with Gasteiger partial charge in [0.25, 0.3) is 0 Å². The summed E-state index contributed by atoms with van der Waals surface area (Å²) in [5.74, 6) is 0.708. The zero-order valence-corrected chi connectivity index (χ0v) is 12.6. The largest absolute Gasteiger partial charge is 0.495 e.